The summed E-state index contributed by atoms with van der Waals surface area (Å²) in [5.41, 5.74) is 2.74. The van der Waals surface area contributed by atoms with Crippen molar-refractivity contribution in [3.05, 3.63) is 59.7 Å². The molecule has 3 rings (SSSR count). The number of nitrogens with zero attached hydrogens (tertiary/aromatic N) is 2. The number of likely N-dealkylation sites (N-methyl/N-ethyl adjacent to an activating group) is 1. The van der Waals surface area contributed by atoms with Gasteiger partial charge < -0.3 is 9.64 Å². The third-order valence-corrected chi connectivity index (χ3v) is 4.57. The molecule has 1 unspecified atom stereocenters. The van der Waals surface area contributed by atoms with E-state index < -0.39 is 6.10 Å². The van der Waals surface area contributed by atoms with Gasteiger partial charge in [0, 0.05) is 13.6 Å². The van der Waals surface area contributed by atoms with E-state index in [4.69, 9.17) is 4.74 Å². The van der Waals surface area contributed by atoms with Crippen molar-refractivity contribution in [1.82, 2.24) is 4.90 Å². The maximum atomic E-state index is 12.8. The molecular formula is C21H24N2O3. The molecule has 136 valence electrons. The fourth-order valence-corrected chi connectivity index (χ4v) is 3.06. The van der Waals surface area contributed by atoms with Gasteiger partial charge >= 0.3 is 0 Å². The van der Waals surface area contributed by atoms with Crippen LogP contribution in [0.4, 0.5) is 5.69 Å². The Morgan fingerprint density at radius 3 is 2.62 bits per heavy atom. The Morgan fingerprint density at radius 1 is 1.19 bits per heavy atom. The van der Waals surface area contributed by atoms with Crippen LogP contribution in [-0.2, 0) is 16.1 Å². The average Bonchev–Trinajstić information content (AvgIpc) is 2.64. The first-order valence-corrected chi connectivity index (χ1v) is 8.86. The van der Waals surface area contributed by atoms with E-state index in [0.29, 0.717) is 24.4 Å². The van der Waals surface area contributed by atoms with Gasteiger partial charge in [-0.3, -0.25) is 14.5 Å². The Balaban J connectivity index is 1.80. The van der Waals surface area contributed by atoms with E-state index in [1.165, 1.54) is 0 Å². The number of ether oxygens (including phenoxy) is 1. The van der Waals surface area contributed by atoms with Gasteiger partial charge in [-0.15, -0.1) is 0 Å². The minimum Gasteiger partial charge on any atom is -0.478 e. The van der Waals surface area contributed by atoms with Crippen LogP contribution >= 0.6 is 0 Å². The van der Waals surface area contributed by atoms with Gasteiger partial charge in [0.05, 0.1) is 5.69 Å². The number of carbonyl (C=O) groups excluding carboxylic acids is 2. The number of amides is 2. The zero-order valence-corrected chi connectivity index (χ0v) is 15.4. The van der Waals surface area contributed by atoms with Crippen LogP contribution in [-0.4, -0.2) is 36.4 Å². The standard InChI is InChI=1S/C21H24N2O3/c1-4-18-21(25)23(17-12-15(2)10-11-19(17)26-18)14-20(24)22(3)13-16-8-6-5-7-9-16/h5-12,18H,4,13-14H2,1-3H3. The number of fused-ring (bicyclic) bond motifs is 1. The zero-order chi connectivity index (χ0) is 18.7. The highest BCUT2D eigenvalue weighted by atomic mass is 16.5. The van der Waals surface area contributed by atoms with Crippen molar-refractivity contribution in [2.75, 3.05) is 18.5 Å². The van der Waals surface area contributed by atoms with Crippen LogP contribution in [0.5, 0.6) is 5.75 Å². The molecule has 2 aromatic rings. The Bertz CT molecular complexity index is 804. The van der Waals surface area contributed by atoms with Gasteiger partial charge in [-0.2, -0.15) is 0 Å². The molecule has 5 nitrogen and oxygen atoms in total. The molecule has 1 atom stereocenters. The fraction of sp³-hybridized carbons (Fsp3) is 0.333. The van der Waals surface area contributed by atoms with Gasteiger partial charge in [-0.1, -0.05) is 43.3 Å². The highest BCUT2D eigenvalue weighted by Crippen LogP contribution is 2.35. The molecule has 2 aromatic carbocycles. The van der Waals surface area contributed by atoms with E-state index >= 15 is 0 Å². The Labute approximate surface area is 154 Å². The molecule has 0 aromatic heterocycles. The minimum absolute atomic E-state index is 0.0124. The maximum Gasteiger partial charge on any atom is 0.268 e. The first-order chi connectivity index (χ1) is 12.5. The normalized spacial score (nSPS) is 16.0. The zero-order valence-electron chi connectivity index (χ0n) is 15.4. The molecule has 0 radical (unpaired) electrons. The molecular weight excluding hydrogens is 328 g/mol. The van der Waals surface area contributed by atoms with Crippen molar-refractivity contribution in [2.24, 2.45) is 0 Å². The molecule has 0 aliphatic carbocycles. The molecule has 0 N–H and O–H groups in total. The Kier molecular flexibility index (Phi) is 5.26. The first-order valence-electron chi connectivity index (χ1n) is 8.86. The number of hydrogen-bond acceptors (Lipinski definition) is 3. The van der Waals surface area contributed by atoms with Crippen LogP contribution in [0.1, 0.15) is 24.5 Å². The third kappa shape index (κ3) is 3.72. The van der Waals surface area contributed by atoms with Crippen molar-refractivity contribution < 1.29 is 14.3 Å². The van der Waals surface area contributed by atoms with Crippen molar-refractivity contribution >= 4 is 17.5 Å². The monoisotopic (exact) mass is 352 g/mol. The van der Waals surface area contributed by atoms with Gasteiger partial charge in [0.2, 0.25) is 5.91 Å². The Morgan fingerprint density at radius 2 is 1.92 bits per heavy atom. The molecule has 0 fully saturated rings. The van der Waals surface area contributed by atoms with Gasteiger partial charge in [-0.05, 0) is 36.6 Å². The van der Waals surface area contributed by atoms with Crippen LogP contribution in [0, 0.1) is 6.92 Å². The van der Waals surface area contributed by atoms with Gasteiger partial charge in [0.15, 0.2) is 6.10 Å². The summed E-state index contributed by atoms with van der Waals surface area (Å²) in [7, 11) is 1.76. The van der Waals surface area contributed by atoms with Crippen molar-refractivity contribution in [1.29, 1.82) is 0 Å². The lowest BCUT2D eigenvalue weighted by Crippen LogP contribution is -2.49. The van der Waals surface area contributed by atoms with Crippen molar-refractivity contribution in [3.8, 4) is 5.75 Å². The predicted molar refractivity (Wildman–Crippen MR) is 101 cm³/mol. The summed E-state index contributed by atoms with van der Waals surface area (Å²) in [5.74, 6) is 0.388. The summed E-state index contributed by atoms with van der Waals surface area (Å²) in [6.45, 7) is 4.38. The Hall–Kier alpha value is -2.82. The summed E-state index contributed by atoms with van der Waals surface area (Å²) in [5, 5.41) is 0. The molecule has 0 bridgehead atoms. The predicted octanol–water partition coefficient (Wildman–Crippen LogP) is 3.16. The van der Waals surface area contributed by atoms with Crippen LogP contribution < -0.4 is 9.64 Å². The van der Waals surface area contributed by atoms with Crippen molar-refractivity contribution in [2.45, 2.75) is 32.9 Å². The SMILES string of the molecule is CCC1Oc2ccc(C)cc2N(CC(=O)N(C)Cc2ccccc2)C1=O. The van der Waals surface area contributed by atoms with Gasteiger partial charge in [0.1, 0.15) is 12.3 Å². The van der Waals surface area contributed by atoms with Crippen LogP contribution in [0.3, 0.4) is 0 Å². The van der Waals surface area contributed by atoms with Crippen LogP contribution in [0.15, 0.2) is 48.5 Å². The maximum absolute atomic E-state index is 12.8. The summed E-state index contributed by atoms with van der Waals surface area (Å²) in [4.78, 5) is 28.7. The molecule has 0 saturated carbocycles. The molecule has 2 amide bonds. The van der Waals surface area contributed by atoms with Crippen molar-refractivity contribution in [3.63, 3.8) is 0 Å². The second kappa shape index (κ2) is 7.60. The molecule has 1 aliphatic heterocycles. The van der Waals surface area contributed by atoms with E-state index in [-0.39, 0.29) is 18.4 Å². The van der Waals surface area contributed by atoms with E-state index in [0.717, 1.165) is 11.1 Å². The van der Waals surface area contributed by atoms with Gasteiger partial charge in [-0.25, -0.2) is 0 Å². The van der Waals surface area contributed by atoms with E-state index in [1.54, 1.807) is 16.8 Å². The van der Waals surface area contributed by atoms with E-state index in [2.05, 4.69) is 0 Å². The smallest absolute Gasteiger partial charge is 0.268 e. The lowest BCUT2D eigenvalue weighted by atomic mass is 10.1. The van der Waals surface area contributed by atoms with Crippen LogP contribution in [0.2, 0.25) is 0 Å². The van der Waals surface area contributed by atoms with Gasteiger partial charge in [0.25, 0.3) is 5.91 Å². The quantitative estimate of drug-likeness (QED) is 0.830. The van der Waals surface area contributed by atoms with Crippen LogP contribution in [0.25, 0.3) is 0 Å². The second-order valence-corrected chi connectivity index (χ2v) is 6.65. The highest BCUT2D eigenvalue weighted by Gasteiger charge is 2.34. The number of anilines is 1. The molecule has 26 heavy (non-hydrogen) atoms. The summed E-state index contributed by atoms with van der Waals surface area (Å²) in [6, 6.07) is 15.5. The largest absolute Gasteiger partial charge is 0.478 e. The van der Waals surface area contributed by atoms with E-state index in [9.17, 15) is 9.59 Å². The second-order valence-electron chi connectivity index (χ2n) is 6.65. The summed E-state index contributed by atoms with van der Waals surface area (Å²) in [6.07, 6.45) is 0.0221. The number of aryl methyl sites for hydroxylation is 1. The average molecular weight is 352 g/mol. The number of benzene rings is 2. The minimum atomic E-state index is -0.544. The summed E-state index contributed by atoms with van der Waals surface area (Å²) < 4.78 is 5.80. The fourth-order valence-electron chi connectivity index (χ4n) is 3.06. The topological polar surface area (TPSA) is 49.9 Å². The molecule has 0 spiro atoms. The molecule has 5 heteroatoms. The first kappa shape index (κ1) is 18.0. The lowest BCUT2D eigenvalue weighted by Gasteiger charge is -2.34. The highest BCUT2D eigenvalue weighted by molar-refractivity contribution is 6.03. The number of rotatable bonds is 5. The molecule has 1 heterocycles. The number of hydrogen-bond donors (Lipinski definition) is 0. The van der Waals surface area contributed by atoms with E-state index in [1.807, 2.05) is 62.4 Å². The third-order valence-electron chi connectivity index (χ3n) is 4.57. The lowest BCUT2D eigenvalue weighted by molar-refractivity contribution is -0.133. The number of carbonyl (C=O) groups is 2. The molecule has 0 saturated heterocycles. The molecule has 1 aliphatic rings. The summed E-state index contributed by atoms with van der Waals surface area (Å²) >= 11 is 0.